The van der Waals surface area contributed by atoms with Crippen LogP contribution in [-0.2, 0) is 9.84 Å². The second kappa shape index (κ2) is 5.10. The summed E-state index contributed by atoms with van der Waals surface area (Å²) < 4.78 is 23.6. The van der Waals surface area contributed by atoms with Crippen LogP contribution in [0.4, 0.5) is 0 Å². The first-order valence-corrected chi connectivity index (χ1v) is 9.60. The van der Waals surface area contributed by atoms with Crippen molar-refractivity contribution in [3.05, 3.63) is 0 Å². The minimum absolute atomic E-state index is 0.113. The highest BCUT2D eigenvalue weighted by atomic mass is 32.2. The van der Waals surface area contributed by atoms with Gasteiger partial charge in [-0.25, -0.2) is 8.42 Å². The first-order valence-electron chi connectivity index (χ1n) is 6.43. The van der Waals surface area contributed by atoms with Gasteiger partial charge in [0.2, 0.25) is 0 Å². The van der Waals surface area contributed by atoms with E-state index in [1.807, 2.05) is 11.8 Å². The molecule has 0 spiro atoms. The van der Waals surface area contributed by atoms with Gasteiger partial charge in [-0.3, -0.25) is 0 Å². The summed E-state index contributed by atoms with van der Waals surface area (Å²) in [7, 11) is -2.85. The Morgan fingerprint density at radius 3 is 2.59 bits per heavy atom. The van der Waals surface area contributed by atoms with Crippen LogP contribution in [0.25, 0.3) is 0 Å². The Balaban J connectivity index is 1.82. The molecule has 2 aliphatic rings. The second-order valence-electron chi connectivity index (χ2n) is 5.58. The zero-order valence-corrected chi connectivity index (χ0v) is 12.4. The van der Waals surface area contributed by atoms with Crippen LogP contribution in [-0.4, -0.2) is 43.5 Å². The molecule has 1 N–H and O–H groups in total. The van der Waals surface area contributed by atoms with E-state index in [4.69, 9.17) is 0 Å². The molecule has 2 aliphatic carbocycles. The summed E-state index contributed by atoms with van der Waals surface area (Å²) in [5, 5.41) is 3.48. The van der Waals surface area contributed by atoms with Crippen LogP contribution in [0.1, 0.15) is 38.5 Å². The summed E-state index contributed by atoms with van der Waals surface area (Å²) in [6.45, 7) is 1.05. The van der Waals surface area contributed by atoms with Crippen molar-refractivity contribution in [3.8, 4) is 0 Å². The fourth-order valence-electron chi connectivity index (χ4n) is 2.64. The van der Waals surface area contributed by atoms with Crippen molar-refractivity contribution in [1.29, 1.82) is 0 Å². The van der Waals surface area contributed by atoms with Gasteiger partial charge in [0.25, 0.3) is 0 Å². The van der Waals surface area contributed by atoms with Crippen molar-refractivity contribution in [3.63, 3.8) is 0 Å². The lowest BCUT2D eigenvalue weighted by Gasteiger charge is -2.30. The number of hydrogen-bond acceptors (Lipinski definition) is 4. The third kappa shape index (κ3) is 3.61. The molecule has 2 rings (SSSR count). The van der Waals surface area contributed by atoms with Gasteiger partial charge in [0, 0.05) is 23.6 Å². The molecule has 5 heteroatoms. The summed E-state index contributed by atoms with van der Waals surface area (Å²) in [6, 6.07) is 0.410. The van der Waals surface area contributed by atoms with Crippen molar-refractivity contribution >= 4 is 21.6 Å². The molecule has 0 heterocycles. The normalized spacial score (nSPS) is 32.4. The minimum atomic E-state index is -2.85. The van der Waals surface area contributed by atoms with Crippen molar-refractivity contribution in [1.82, 2.24) is 5.32 Å². The van der Waals surface area contributed by atoms with Gasteiger partial charge < -0.3 is 5.32 Å². The average Bonchev–Trinajstić information content (AvgIpc) is 3.06. The fourth-order valence-corrected chi connectivity index (χ4v) is 4.56. The van der Waals surface area contributed by atoms with Gasteiger partial charge in [-0.1, -0.05) is 6.42 Å². The molecule has 2 unspecified atom stereocenters. The molecule has 3 nitrogen and oxygen atoms in total. The third-order valence-corrected chi connectivity index (χ3v) is 7.24. The SMILES string of the molecule is CSC1(CNC2CCCC(S(C)(=O)=O)C2)CC1. The van der Waals surface area contributed by atoms with Crippen LogP contribution >= 0.6 is 11.8 Å². The van der Waals surface area contributed by atoms with Crippen molar-refractivity contribution in [2.45, 2.75) is 54.6 Å². The predicted molar refractivity (Wildman–Crippen MR) is 74.4 cm³/mol. The van der Waals surface area contributed by atoms with Crippen LogP contribution in [0.5, 0.6) is 0 Å². The van der Waals surface area contributed by atoms with Crippen LogP contribution in [0.15, 0.2) is 0 Å². The highest BCUT2D eigenvalue weighted by Gasteiger charge is 2.42. The van der Waals surface area contributed by atoms with Gasteiger partial charge in [-0.2, -0.15) is 11.8 Å². The van der Waals surface area contributed by atoms with Gasteiger partial charge >= 0.3 is 0 Å². The monoisotopic (exact) mass is 277 g/mol. The lowest BCUT2D eigenvalue weighted by molar-refractivity contribution is 0.371. The number of nitrogens with one attached hydrogen (secondary N) is 1. The Hall–Kier alpha value is 0.260. The topological polar surface area (TPSA) is 46.2 Å². The van der Waals surface area contributed by atoms with Gasteiger partial charge in [0.1, 0.15) is 9.84 Å². The zero-order valence-electron chi connectivity index (χ0n) is 10.7. The molecule has 0 saturated heterocycles. The first-order chi connectivity index (χ1) is 7.95. The Bertz CT molecular complexity index is 363. The molecular formula is C12H23NO2S2. The van der Waals surface area contributed by atoms with E-state index in [1.165, 1.54) is 19.1 Å². The molecule has 0 aliphatic heterocycles. The van der Waals surface area contributed by atoms with E-state index in [2.05, 4.69) is 11.6 Å². The maximum atomic E-state index is 11.6. The zero-order chi connectivity index (χ0) is 12.5. The van der Waals surface area contributed by atoms with Crippen molar-refractivity contribution in [2.75, 3.05) is 19.1 Å². The van der Waals surface area contributed by atoms with E-state index in [9.17, 15) is 8.42 Å². The van der Waals surface area contributed by atoms with Gasteiger partial charge in [0.05, 0.1) is 5.25 Å². The lowest BCUT2D eigenvalue weighted by Crippen LogP contribution is -2.41. The Morgan fingerprint density at radius 1 is 1.35 bits per heavy atom. The summed E-state index contributed by atoms with van der Waals surface area (Å²) >= 11 is 1.95. The standard InChI is InChI=1S/C12H23NO2S2/c1-16-12(6-7-12)9-13-10-4-3-5-11(8-10)17(2,14)15/h10-11,13H,3-9H2,1-2H3. The Morgan fingerprint density at radius 2 is 2.06 bits per heavy atom. The highest BCUT2D eigenvalue weighted by molar-refractivity contribution is 8.00. The summed E-state index contributed by atoms with van der Waals surface area (Å²) in [4.78, 5) is 0. The van der Waals surface area contributed by atoms with Gasteiger partial charge in [-0.15, -0.1) is 0 Å². The van der Waals surface area contributed by atoms with Crippen LogP contribution < -0.4 is 5.32 Å². The van der Waals surface area contributed by atoms with Crippen LogP contribution in [0.2, 0.25) is 0 Å². The largest absolute Gasteiger partial charge is 0.313 e. The Kier molecular flexibility index (Phi) is 4.10. The van der Waals surface area contributed by atoms with E-state index in [0.717, 1.165) is 32.2 Å². The molecule has 0 aromatic rings. The van der Waals surface area contributed by atoms with E-state index < -0.39 is 9.84 Å². The minimum Gasteiger partial charge on any atom is -0.313 e. The maximum Gasteiger partial charge on any atom is 0.150 e. The molecular weight excluding hydrogens is 254 g/mol. The third-order valence-electron chi connectivity index (χ3n) is 4.19. The van der Waals surface area contributed by atoms with Crippen molar-refractivity contribution in [2.24, 2.45) is 0 Å². The molecule has 2 fully saturated rings. The van der Waals surface area contributed by atoms with E-state index >= 15 is 0 Å². The molecule has 0 aromatic heterocycles. The molecule has 2 saturated carbocycles. The maximum absolute atomic E-state index is 11.6. The molecule has 17 heavy (non-hydrogen) atoms. The lowest BCUT2D eigenvalue weighted by atomic mass is 9.95. The smallest absolute Gasteiger partial charge is 0.150 e. The Labute approximate surface area is 109 Å². The average molecular weight is 277 g/mol. The molecule has 100 valence electrons. The molecule has 2 atom stereocenters. The number of rotatable bonds is 5. The van der Waals surface area contributed by atoms with E-state index in [1.54, 1.807) is 0 Å². The number of sulfone groups is 1. The van der Waals surface area contributed by atoms with Gasteiger partial charge in [0.15, 0.2) is 0 Å². The summed E-state index contributed by atoms with van der Waals surface area (Å²) in [5.74, 6) is 0. The number of thioether (sulfide) groups is 1. The second-order valence-corrected chi connectivity index (χ2v) is 9.18. The first kappa shape index (κ1) is 13.7. The van der Waals surface area contributed by atoms with E-state index in [0.29, 0.717) is 10.8 Å². The summed E-state index contributed by atoms with van der Waals surface area (Å²) in [6.07, 6.45) is 10.0. The molecule has 0 amide bonds. The van der Waals surface area contributed by atoms with Crippen LogP contribution in [0, 0.1) is 0 Å². The molecule has 0 bridgehead atoms. The summed E-state index contributed by atoms with van der Waals surface area (Å²) in [5.41, 5.74) is 0. The van der Waals surface area contributed by atoms with Crippen LogP contribution in [0.3, 0.4) is 0 Å². The predicted octanol–water partition coefficient (Wildman–Crippen LogP) is 1.83. The van der Waals surface area contributed by atoms with Crippen molar-refractivity contribution < 1.29 is 8.42 Å². The fraction of sp³-hybridized carbons (Fsp3) is 1.00. The molecule has 0 aromatic carbocycles. The quantitative estimate of drug-likeness (QED) is 0.833. The number of hydrogen-bond donors (Lipinski definition) is 1. The highest BCUT2D eigenvalue weighted by Crippen LogP contribution is 2.46. The van der Waals surface area contributed by atoms with E-state index in [-0.39, 0.29) is 5.25 Å². The van der Waals surface area contributed by atoms with Gasteiger partial charge in [-0.05, 0) is 38.4 Å². The molecule has 0 radical (unpaired) electrons.